The maximum atomic E-state index is 10.2. The Morgan fingerprint density at radius 3 is 2.69 bits per heavy atom. The average Bonchev–Trinajstić information content (AvgIpc) is 2.86. The van der Waals surface area contributed by atoms with E-state index in [1.54, 1.807) is 0 Å². The monoisotopic (exact) mass is 185 g/mol. The van der Waals surface area contributed by atoms with Gasteiger partial charge in [0.1, 0.15) is 0 Å². The van der Waals surface area contributed by atoms with Crippen LogP contribution in [0.3, 0.4) is 0 Å². The number of carboxylic acid groups (broad SMARTS) is 1. The zero-order valence-corrected chi connectivity index (χ0v) is 8.09. The van der Waals surface area contributed by atoms with Crippen LogP contribution in [0.4, 0.5) is 0 Å². The Hall–Kier alpha value is -0.570. The van der Waals surface area contributed by atoms with Crippen LogP contribution in [-0.4, -0.2) is 24.2 Å². The zero-order valence-electron chi connectivity index (χ0n) is 8.09. The van der Waals surface area contributed by atoms with Crippen molar-refractivity contribution in [2.24, 2.45) is 5.92 Å². The molecule has 0 saturated heterocycles. The second kappa shape index (κ2) is 5.97. The maximum absolute atomic E-state index is 10.2. The first-order valence-electron chi connectivity index (χ1n) is 5.21. The van der Waals surface area contributed by atoms with Crippen LogP contribution in [0.1, 0.15) is 38.5 Å². The van der Waals surface area contributed by atoms with Gasteiger partial charge in [-0.3, -0.25) is 4.79 Å². The normalized spacial score (nSPS) is 16.0. The predicted octanol–water partition coefficient (Wildman–Crippen LogP) is 1.63. The van der Waals surface area contributed by atoms with E-state index < -0.39 is 5.97 Å². The molecule has 0 radical (unpaired) electrons. The largest absolute Gasteiger partial charge is 0.481 e. The predicted molar refractivity (Wildman–Crippen MR) is 51.7 cm³/mol. The molecule has 0 aromatic heterocycles. The maximum Gasteiger partial charge on any atom is 0.303 e. The molecule has 0 atom stereocenters. The first-order valence-corrected chi connectivity index (χ1v) is 5.21. The Labute approximate surface area is 79.5 Å². The van der Waals surface area contributed by atoms with E-state index in [9.17, 15) is 4.79 Å². The summed E-state index contributed by atoms with van der Waals surface area (Å²) in [5.41, 5.74) is 0. The number of unbranched alkanes of at least 4 members (excludes halogenated alkanes) is 1. The van der Waals surface area contributed by atoms with Crippen LogP contribution < -0.4 is 5.32 Å². The molecular formula is C10H19NO2. The van der Waals surface area contributed by atoms with Gasteiger partial charge in [-0.25, -0.2) is 0 Å². The lowest BCUT2D eigenvalue weighted by molar-refractivity contribution is -0.137. The van der Waals surface area contributed by atoms with Crippen molar-refractivity contribution in [3.63, 3.8) is 0 Å². The van der Waals surface area contributed by atoms with Crippen molar-refractivity contribution in [3.05, 3.63) is 0 Å². The van der Waals surface area contributed by atoms with Crippen molar-refractivity contribution in [1.82, 2.24) is 5.32 Å². The highest BCUT2D eigenvalue weighted by molar-refractivity contribution is 5.66. The van der Waals surface area contributed by atoms with Gasteiger partial charge in [0.25, 0.3) is 0 Å². The van der Waals surface area contributed by atoms with Crippen molar-refractivity contribution >= 4 is 5.97 Å². The van der Waals surface area contributed by atoms with Gasteiger partial charge in [0.2, 0.25) is 0 Å². The van der Waals surface area contributed by atoms with Crippen LogP contribution in [-0.2, 0) is 4.79 Å². The molecule has 0 heterocycles. The summed E-state index contributed by atoms with van der Waals surface area (Å²) >= 11 is 0. The Kier molecular flexibility index (Phi) is 4.83. The molecule has 0 bridgehead atoms. The van der Waals surface area contributed by atoms with Crippen LogP contribution >= 0.6 is 0 Å². The van der Waals surface area contributed by atoms with Gasteiger partial charge < -0.3 is 10.4 Å². The number of carboxylic acids is 1. The Balaban J connectivity index is 1.70. The summed E-state index contributed by atoms with van der Waals surface area (Å²) < 4.78 is 0. The van der Waals surface area contributed by atoms with E-state index in [4.69, 9.17) is 5.11 Å². The van der Waals surface area contributed by atoms with E-state index in [0.29, 0.717) is 6.42 Å². The smallest absolute Gasteiger partial charge is 0.303 e. The summed E-state index contributed by atoms with van der Waals surface area (Å²) in [5, 5.41) is 11.7. The van der Waals surface area contributed by atoms with Crippen molar-refractivity contribution < 1.29 is 9.90 Å². The molecule has 2 N–H and O–H groups in total. The molecule has 1 rings (SSSR count). The zero-order chi connectivity index (χ0) is 9.52. The minimum atomic E-state index is -0.682. The van der Waals surface area contributed by atoms with Crippen LogP contribution in [0.5, 0.6) is 0 Å². The van der Waals surface area contributed by atoms with Crippen molar-refractivity contribution in [3.8, 4) is 0 Å². The van der Waals surface area contributed by atoms with Gasteiger partial charge in [-0.15, -0.1) is 0 Å². The lowest BCUT2D eigenvalue weighted by atomic mass is 10.2. The summed E-state index contributed by atoms with van der Waals surface area (Å²) in [4.78, 5) is 10.2. The minimum absolute atomic E-state index is 0.310. The minimum Gasteiger partial charge on any atom is -0.481 e. The third kappa shape index (κ3) is 6.58. The fourth-order valence-electron chi connectivity index (χ4n) is 1.36. The van der Waals surface area contributed by atoms with Crippen LogP contribution in [0.15, 0.2) is 0 Å². The van der Waals surface area contributed by atoms with E-state index >= 15 is 0 Å². The molecule has 0 unspecified atom stereocenters. The summed E-state index contributed by atoms with van der Waals surface area (Å²) in [6, 6.07) is 0. The standard InChI is InChI=1S/C10H19NO2/c12-10(13)3-1-2-7-11-8-6-9-4-5-9/h9,11H,1-8H2,(H,12,13). The number of carbonyl (C=O) groups is 1. The van der Waals surface area contributed by atoms with Crippen LogP contribution in [0.25, 0.3) is 0 Å². The molecular weight excluding hydrogens is 166 g/mol. The first-order chi connectivity index (χ1) is 6.29. The Morgan fingerprint density at radius 1 is 1.31 bits per heavy atom. The number of aliphatic carboxylic acids is 1. The summed E-state index contributed by atoms with van der Waals surface area (Å²) in [7, 11) is 0. The molecule has 1 saturated carbocycles. The molecule has 3 nitrogen and oxygen atoms in total. The van der Waals surface area contributed by atoms with E-state index in [1.165, 1.54) is 19.3 Å². The van der Waals surface area contributed by atoms with Crippen molar-refractivity contribution in [1.29, 1.82) is 0 Å². The molecule has 0 aliphatic heterocycles. The number of rotatable bonds is 8. The second-order valence-corrected chi connectivity index (χ2v) is 3.83. The number of hydrogen-bond acceptors (Lipinski definition) is 2. The lowest BCUT2D eigenvalue weighted by Gasteiger charge is -2.02. The van der Waals surface area contributed by atoms with Gasteiger partial charge in [-0.2, -0.15) is 0 Å². The third-order valence-corrected chi connectivity index (χ3v) is 2.42. The number of hydrogen-bond donors (Lipinski definition) is 2. The summed E-state index contributed by atoms with van der Waals surface area (Å²) in [5.74, 6) is 0.310. The third-order valence-electron chi connectivity index (χ3n) is 2.42. The van der Waals surface area contributed by atoms with Gasteiger partial charge >= 0.3 is 5.97 Å². The van der Waals surface area contributed by atoms with Gasteiger partial charge in [-0.05, 0) is 38.3 Å². The highest BCUT2D eigenvalue weighted by Gasteiger charge is 2.19. The lowest BCUT2D eigenvalue weighted by Crippen LogP contribution is -2.17. The van der Waals surface area contributed by atoms with Crippen LogP contribution in [0, 0.1) is 5.92 Å². The molecule has 76 valence electrons. The molecule has 0 spiro atoms. The quantitative estimate of drug-likeness (QED) is 0.565. The van der Waals surface area contributed by atoms with Gasteiger partial charge in [0, 0.05) is 6.42 Å². The Bertz CT molecular complexity index is 155. The summed E-state index contributed by atoms with van der Waals surface area (Å²) in [6.07, 6.45) is 6.23. The average molecular weight is 185 g/mol. The van der Waals surface area contributed by atoms with E-state index in [1.807, 2.05) is 0 Å². The fourth-order valence-corrected chi connectivity index (χ4v) is 1.36. The van der Waals surface area contributed by atoms with Gasteiger partial charge in [0.05, 0.1) is 0 Å². The molecule has 3 heteroatoms. The second-order valence-electron chi connectivity index (χ2n) is 3.83. The van der Waals surface area contributed by atoms with Crippen LogP contribution in [0.2, 0.25) is 0 Å². The molecule has 1 aliphatic rings. The highest BCUT2D eigenvalue weighted by Crippen LogP contribution is 2.31. The van der Waals surface area contributed by atoms with E-state index in [-0.39, 0.29) is 0 Å². The SMILES string of the molecule is O=C(O)CCCCNCCC1CC1. The van der Waals surface area contributed by atoms with Gasteiger partial charge in [0.15, 0.2) is 0 Å². The van der Waals surface area contributed by atoms with E-state index in [0.717, 1.165) is 31.8 Å². The topological polar surface area (TPSA) is 49.3 Å². The van der Waals surface area contributed by atoms with Gasteiger partial charge in [-0.1, -0.05) is 12.8 Å². The fraction of sp³-hybridized carbons (Fsp3) is 0.900. The molecule has 1 aliphatic carbocycles. The molecule has 0 aromatic rings. The van der Waals surface area contributed by atoms with Crippen molar-refractivity contribution in [2.45, 2.75) is 38.5 Å². The molecule has 0 aromatic carbocycles. The summed E-state index contributed by atoms with van der Waals surface area (Å²) in [6.45, 7) is 2.08. The van der Waals surface area contributed by atoms with E-state index in [2.05, 4.69) is 5.32 Å². The van der Waals surface area contributed by atoms with Crippen molar-refractivity contribution in [2.75, 3.05) is 13.1 Å². The first kappa shape index (κ1) is 10.5. The molecule has 13 heavy (non-hydrogen) atoms. The molecule has 1 fully saturated rings. The number of nitrogens with one attached hydrogen (secondary N) is 1. The molecule has 0 amide bonds. The highest BCUT2D eigenvalue weighted by atomic mass is 16.4. The Morgan fingerprint density at radius 2 is 2.08 bits per heavy atom.